The topological polar surface area (TPSA) is 20.2 Å². The van der Waals surface area contributed by atoms with Gasteiger partial charge in [-0.25, -0.2) is 8.78 Å². The summed E-state index contributed by atoms with van der Waals surface area (Å²) in [4.78, 5) is 1.49. The van der Waals surface area contributed by atoms with E-state index in [9.17, 15) is 13.9 Å². The lowest BCUT2D eigenvalue weighted by Gasteiger charge is -2.09. The fourth-order valence-corrected chi connectivity index (χ4v) is 3.01. The van der Waals surface area contributed by atoms with Gasteiger partial charge in [0.05, 0.1) is 6.10 Å². The summed E-state index contributed by atoms with van der Waals surface area (Å²) in [7, 11) is 0. The van der Waals surface area contributed by atoms with Crippen molar-refractivity contribution < 1.29 is 13.9 Å². The highest BCUT2D eigenvalue weighted by atomic mass is 79.9. The van der Waals surface area contributed by atoms with Crippen LogP contribution in [0.3, 0.4) is 0 Å². The molecular weight excluding hydrogens is 334 g/mol. The summed E-state index contributed by atoms with van der Waals surface area (Å²) in [6.45, 7) is 1.68. The summed E-state index contributed by atoms with van der Waals surface area (Å²) in [5.74, 6) is -1.71. The molecule has 0 aliphatic carbocycles. The second-order valence-electron chi connectivity index (χ2n) is 4.04. The van der Waals surface area contributed by atoms with Crippen molar-refractivity contribution in [1.82, 2.24) is 0 Å². The van der Waals surface area contributed by atoms with Gasteiger partial charge in [-0.3, -0.25) is 0 Å². The van der Waals surface area contributed by atoms with Crippen LogP contribution in [0.5, 0.6) is 0 Å². The van der Waals surface area contributed by atoms with Gasteiger partial charge < -0.3 is 5.11 Å². The van der Waals surface area contributed by atoms with Crippen LogP contribution in [-0.2, 0) is 0 Å². The van der Waals surface area contributed by atoms with Crippen LogP contribution in [-0.4, -0.2) is 5.11 Å². The van der Waals surface area contributed by atoms with Crippen LogP contribution in [0.1, 0.15) is 18.6 Å². The average Bonchev–Trinajstić information content (AvgIpc) is 2.36. The smallest absolute Gasteiger partial charge is 0.159 e. The molecule has 100 valence electrons. The first-order chi connectivity index (χ1) is 8.97. The summed E-state index contributed by atoms with van der Waals surface area (Å²) in [6, 6.07) is 9.24. The van der Waals surface area contributed by atoms with E-state index in [4.69, 9.17) is 0 Å². The Bertz CT molecular complexity index is 602. The fourth-order valence-electron chi connectivity index (χ4n) is 1.53. The van der Waals surface area contributed by atoms with Gasteiger partial charge in [0.15, 0.2) is 11.6 Å². The maximum atomic E-state index is 13.1. The van der Waals surface area contributed by atoms with Crippen molar-refractivity contribution in [1.29, 1.82) is 0 Å². The number of benzene rings is 2. The number of rotatable bonds is 3. The number of aliphatic hydroxyl groups is 1. The molecule has 0 fully saturated rings. The first-order valence-corrected chi connectivity index (χ1v) is 7.18. The Hall–Kier alpha value is -0.910. The van der Waals surface area contributed by atoms with Gasteiger partial charge in [-0.05, 0) is 58.7 Å². The Morgan fingerprint density at radius 1 is 1.11 bits per heavy atom. The van der Waals surface area contributed by atoms with Crippen LogP contribution in [0.15, 0.2) is 50.7 Å². The predicted molar refractivity (Wildman–Crippen MR) is 75.3 cm³/mol. The van der Waals surface area contributed by atoms with Crippen LogP contribution >= 0.6 is 27.7 Å². The van der Waals surface area contributed by atoms with Crippen molar-refractivity contribution >= 4 is 27.7 Å². The zero-order valence-corrected chi connectivity index (χ0v) is 12.4. The molecule has 2 rings (SSSR count). The second-order valence-corrected chi connectivity index (χ2v) is 6.01. The van der Waals surface area contributed by atoms with Crippen LogP contribution in [0.2, 0.25) is 0 Å². The molecule has 2 aromatic rings. The standard InChI is InChI=1S/C14H11BrF2OS/c1-8(18)9-2-5-14(11(15)6-9)19-10-3-4-12(16)13(17)7-10/h2-8,18H,1H3/t8-/m0/s1. The van der Waals surface area contributed by atoms with Crippen molar-refractivity contribution in [2.24, 2.45) is 0 Å². The molecule has 2 aromatic carbocycles. The van der Waals surface area contributed by atoms with Gasteiger partial charge in [-0.1, -0.05) is 17.8 Å². The van der Waals surface area contributed by atoms with Gasteiger partial charge in [0.1, 0.15) is 0 Å². The largest absolute Gasteiger partial charge is 0.389 e. The van der Waals surface area contributed by atoms with Gasteiger partial charge in [-0.2, -0.15) is 0 Å². The molecule has 0 heterocycles. The molecule has 1 atom stereocenters. The van der Waals surface area contributed by atoms with Gasteiger partial charge in [0.25, 0.3) is 0 Å². The first kappa shape index (κ1) is 14.5. The van der Waals surface area contributed by atoms with E-state index < -0.39 is 17.7 Å². The summed E-state index contributed by atoms with van der Waals surface area (Å²) >= 11 is 4.73. The molecule has 0 amide bonds. The molecule has 5 heteroatoms. The minimum Gasteiger partial charge on any atom is -0.389 e. The maximum Gasteiger partial charge on any atom is 0.159 e. The molecule has 1 N–H and O–H groups in total. The van der Waals surface area contributed by atoms with Crippen molar-refractivity contribution in [2.75, 3.05) is 0 Å². The van der Waals surface area contributed by atoms with E-state index in [1.165, 1.54) is 17.8 Å². The van der Waals surface area contributed by atoms with Gasteiger partial charge >= 0.3 is 0 Å². The van der Waals surface area contributed by atoms with Gasteiger partial charge in [0, 0.05) is 14.3 Å². The molecule has 0 unspecified atom stereocenters. The molecule has 1 nitrogen and oxygen atoms in total. The van der Waals surface area contributed by atoms with Gasteiger partial charge in [-0.15, -0.1) is 0 Å². The van der Waals surface area contributed by atoms with Crippen molar-refractivity contribution in [3.8, 4) is 0 Å². The summed E-state index contributed by atoms with van der Waals surface area (Å²) in [5.41, 5.74) is 0.793. The van der Waals surface area contributed by atoms with Crippen molar-refractivity contribution in [3.63, 3.8) is 0 Å². The molecule has 0 bridgehead atoms. The monoisotopic (exact) mass is 344 g/mol. The molecule has 0 spiro atoms. The zero-order chi connectivity index (χ0) is 14.0. The van der Waals surface area contributed by atoms with E-state index in [-0.39, 0.29) is 0 Å². The highest BCUT2D eigenvalue weighted by Gasteiger charge is 2.08. The van der Waals surface area contributed by atoms with Crippen molar-refractivity contribution in [2.45, 2.75) is 22.8 Å². The summed E-state index contributed by atoms with van der Waals surface area (Å²) < 4.78 is 26.8. The Balaban J connectivity index is 2.25. The zero-order valence-electron chi connectivity index (χ0n) is 10.0. The van der Waals surface area contributed by atoms with E-state index in [2.05, 4.69) is 15.9 Å². The molecule has 0 aliphatic rings. The highest BCUT2D eigenvalue weighted by Crippen LogP contribution is 2.35. The molecule has 0 aliphatic heterocycles. The third kappa shape index (κ3) is 3.55. The van der Waals surface area contributed by atoms with E-state index in [0.717, 1.165) is 27.1 Å². The lowest BCUT2D eigenvalue weighted by Crippen LogP contribution is -1.91. The van der Waals surface area contributed by atoms with Crippen LogP contribution < -0.4 is 0 Å². The van der Waals surface area contributed by atoms with E-state index in [1.807, 2.05) is 12.1 Å². The van der Waals surface area contributed by atoms with Crippen LogP contribution in [0, 0.1) is 11.6 Å². The third-order valence-corrected chi connectivity index (χ3v) is 4.54. The lowest BCUT2D eigenvalue weighted by molar-refractivity contribution is 0.199. The van der Waals surface area contributed by atoms with E-state index >= 15 is 0 Å². The molecule has 0 aromatic heterocycles. The maximum absolute atomic E-state index is 13.1. The number of hydrogen-bond acceptors (Lipinski definition) is 2. The lowest BCUT2D eigenvalue weighted by atomic mass is 10.1. The normalized spacial score (nSPS) is 12.5. The number of aliphatic hydroxyl groups excluding tert-OH is 1. The van der Waals surface area contributed by atoms with Crippen LogP contribution in [0.25, 0.3) is 0 Å². The minimum absolute atomic E-state index is 0.543. The Labute approximate surface area is 122 Å². The molecule has 19 heavy (non-hydrogen) atoms. The second kappa shape index (κ2) is 6.03. The SMILES string of the molecule is C[C@H](O)c1ccc(Sc2ccc(F)c(F)c2)c(Br)c1. The molecule has 0 radical (unpaired) electrons. The third-order valence-electron chi connectivity index (χ3n) is 2.56. The summed E-state index contributed by atoms with van der Waals surface area (Å²) in [6.07, 6.45) is -0.543. The van der Waals surface area contributed by atoms with E-state index in [0.29, 0.717) is 4.90 Å². The molecule has 0 saturated carbocycles. The van der Waals surface area contributed by atoms with Crippen molar-refractivity contribution in [3.05, 3.63) is 58.1 Å². The Kier molecular flexibility index (Phi) is 4.60. The quantitative estimate of drug-likeness (QED) is 0.851. The minimum atomic E-state index is -0.860. The van der Waals surface area contributed by atoms with E-state index in [1.54, 1.807) is 13.0 Å². The highest BCUT2D eigenvalue weighted by molar-refractivity contribution is 9.10. The Morgan fingerprint density at radius 2 is 1.84 bits per heavy atom. The molecular formula is C14H11BrF2OS. The van der Waals surface area contributed by atoms with Gasteiger partial charge in [0.2, 0.25) is 0 Å². The molecule has 0 saturated heterocycles. The average molecular weight is 345 g/mol. The number of hydrogen-bond donors (Lipinski definition) is 1. The fraction of sp³-hybridized carbons (Fsp3) is 0.143. The Morgan fingerprint density at radius 3 is 2.42 bits per heavy atom. The van der Waals surface area contributed by atoms with Crippen LogP contribution in [0.4, 0.5) is 8.78 Å². The predicted octanol–water partition coefficient (Wildman–Crippen LogP) is 4.93. The first-order valence-electron chi connectivity index (χ1n) is 5.58. The summed E-state index contributed by atoms with van der Waals surface area (Å²) in [5, 5.41) is 9.48. The number of halogens is 3.